The number of amides is 3. The molecule has 0 aliphatic heterocycles. The number of fused-ring (bicyclic) bond motifs is 1. The average Bonchev–Trinajstić information content (AvgIpc) is 3.46. The molecular formula is C34H28F2N4O6. The molecule has 2 heterocycles. The molecule has 0 fully saturated rings. The van der Waals surface area contributed by atoms with Crippen LogP contribution in [-0.4, -0.2) is 34.3 Å². The number of ether oxygens (including phenoxy) is 3. The Balaban J connectivity index is 1.18. The molecule has 5 aromatic rings. The van der Waals surface area contributed by atoms with Crippen LogP contribution in [0.1, 0.15) is 18.2 Å². The summed E-state index contributed by atoms with van der Waals surface area (Å²) in [5.74, 6) is -0.709. The van der Waals surface area contributed by atoms with Gasteiger partial charge >= 0.3 is 6.03 Å². The number of halogens is 2. The maximum Gasteiger partial charge on any atom is 0.325 e. The molecule has 234 valence electrons. The monoisotopic (exact) mass is 626 g/mol. The number of urea groups is 1. The van der Waals surface area contributed by atoms with Gasteiger partial charge in [0, 0.05) is 24.0 Å². The van der Waals surface area contributed by atoms with Crippen LogP contribution in [0.3, 0.4) is 0 Å². The number of hydrogen-bond acceptors (Lipinski definition) is 7. The zero-order valence-electron chi connectivity index (χ0n) is 24.5. The van der Waals surface area contributed by atoms with Gasteiger partial charge in [-0.3, -0.25) is 14.9 Å². The van der Waals surface area contributed by atoms with Gasteiger partial charge in [0.15, 0.2) is 24.0 Å². The molecule has 0 aliphatic rings. The number of aromatic amines is 1. The van der Waals surface area contributed by atoms with Gasteiger partial charge in [-0.15, -0.1) is 0 Å². The molecule has 0 bridgehead atoms. The number of imide groups is 1. The second-order valence-corrected chi connectivity index (χ2v) is 9.94. The van der Waals surface area contributed by atoms with E-state index in [1.54, 1.807) is 49.4 Å². The molecule has 0 unspecified atom stereocenters. The molecule has 3 amide bonds. The van der Waals surface area contributed by atoms with Crippen molar-refractivity contribution in [1.29, 1.82) is 0 Å². The van der Waals surface area contributed by atoms with E-state index < -0.39 is 23.6 Å². The highest BCUT2D eigenvalue weighted by Crippen LogP contribution is 2.32. The number of carbonyl (C=O) groups is 3. The number of ketones is 1. The average molecular weight is 627 g/mol. The van der Waals surface area contributed by atoms with Crippen molar-refractivity contribution in [2.45, 2.75) is 20.0 Å². The number of pyridine rings is 1. The molecule has 0 atom stereocenters. The second-order valence-electron chi connectivity index (χ2n) is 9.94. The molecule has 0 saturated heterocycles. The summed E-state index contributed by atoms with van der Waals surface area (Å²) < 4.78 is 45.3. The maximum atomic E-state index is 15.0. The van der Waals surface area contributed by atoms with Gasteiger partial charge in [-0.05, 0) is 67.1 Å². The fourth-order valence-corrected chi connectivity index (χ4v) is 4.33. The topological polar surface area (TPSA) is 132 Å². The number of nitrogens with zero attached hydrogens (tertiary/aromatic N) is 1. The standard InChI is InChI=1S/C34H28F2N4O6/c1-2-4-25(41)20-45-27-6-3-5-26(18-27)44-19-24-16-28-30(13-14-37-33(28)38-24)46-31-12-11-23(17-29(31)36)39-34(43)40-32(42)15-21-7-9-22(35)10-8-21/h2-14,16-18H,15,19-20H2,1H3,(H,37,38)(H2,39,40,42,43). The van der Waals surface area contributed by atoms with Crippen LogP contribution in [0.2, 0.25) is 0 Å². The maximum absolute atomic E-state index is 15.0. The Labute approximate surface area is 262 Å². The number of hydrogen-bond donors (Lipinski definition) is 3. The first kappa shape index (κ1) is 31.4. The molecule has 3 aromatic carbocycles. The molecular weight excluding hydrogens is 598 g/mol. The van der Waals surface area contributed by atoms with Gasteiger partial charge in [0.05, 0.1) is 17.5 Å². The summed E-state index contributed by atoms with van der Waals surface area (Å²) in [4.78, 5) is 43.5. The minimum atomic E-state index is -0.850. The smallest absolute Gasteiger partial charge is 0.325 e. The molecule has 0 radical (unpaired) electrons. The molecule has 2 aromatic heterocycles. The molecule has 12 heteroatoms. The first-order chi connectivity index (χ1) is 22.2. The van der Waals surface area contributed by atoms with Crippen LogP contribution in [0.15, 0.2) is 97.2 Å². The molecule has 46 heavy (non-hydrogen) atoms. The largest absolute Gasteiger partial charge is 0.487 e. The number of benzene rings is 3. The SMILES string of the molecule is CC=CC(=O)COc1cccc(OCc2cc3c(Oc4ccc(NC(=O)NC(=O)Cc5ccc(F)cc5)cc4F)ccnc3[nH]2)c1. The van der Waals surface area contributed by atoms with Crippen molar-refractivity contribution < 1.29 is 37.4 Å². The summed E-state index contributed by atoms with van der Waals surface area (Å²) in [7, 11) is 0. The Morgan fingerprint density at radius 1 is 0.913 bits per heavy atom. The summed E-state index contributed by atoms with van der Waals surface area (Å²) in [5.41, 5.74) is 1.79. The number of aromatic nitrogens is 2. The summed E-state index contributed by atoms with van der Waals surface area (Å²) in [6.45, 7) is 1.83. The van der Waals surface area contributed by atoms with Crippen LogP contribution in [-0.2, 0) is 22.6 Å². The second kappa shape index (κ2) is 14.6. The zero-order chi connectivity index (χ0) is 32.5. The van der Waals surface area contributed by atoms with Crippen LogP contribution < -0.4 is 24.8 Å². The van der Waals surface area contributed by atoms with Gasteiger partial charge < -0.3 is 24.5 Å². The van der Waals surface area contributed by atoms with Crippen molar-refractivity contribution in [2.75, 3.05) is 11.9 Å². The van der Waals surface area contributed by atoms with Crippen molar-refractivity contribution in [2.24, 2.45) is 0 Å². The van der Waals surface area contributed by atoms with Crippen molar-refractivity contribution in [3.63, 3.8) is 0 Å². The molecule has 10 nitrogen and oxygen atoms in total. The van der Waals surface area contributed by atoms with E-state index in [0.717, 1.165) is 6.07 Å². The summed E-state index contributed by atoms with van der Waals surface area (Å²) in [5, 5.41) is 5.13. The Morgan fingerprint density at radius 3 is 2.46 bits per heavy atom. The number of rotatable bonds is 12. The van der Waals surface area contributed by atoms with Gasteiger partial charge in [0.1, 0.15) is 35.3 Å². The lowest BCUT2D eigenvalue weighted by Crippen LogP contribution is -2.35. The first-order valence-electron chi connectivity index (χ1n) is 14.1. The fraction of sp³-hybridized carbons (Fsp3) is 0.118. The predicted octanol–water partition coefficient (Wildman–Crippen LogP) is 6.63. The van der Waals surface area contributed by atoms with Crippen molar-refractivity contribution in [3.8, 4) is 23.0 Å². The lowest BCUT2D eigenvalue weighted by atomic mass is 10.1. The number of carbonyl (C=O) groups excluding carboxylic acids is 3. The fourth-order valence-electron chi connectivity index (χ4n) is 4.33. The van der Waals surface area contributed by atoms with Gasteiger partial charge in [0.2, 0.25) is 5.91 Å². The number of anilines is 1. The van der Waals surface area contributed by atoms with Gasteiger partial charge in [0.25, 0.3) is 0 Å². The molecule has 0 spiro atoms. The van der Waals surface area contributed by atoms with Crippen LogP contribution in [0, 0.1) is 11.6 Å². The van der Waals surface area contributed by atoms with Gasteiger partial charge in [-0.2, -0.15) is 0 Å². The molecule has 5 rings (SSSR count). The van der Waals surface area contributed by atoms with E-state index in [9.17, 15) is 23.2 Å². The summed E-state index contributed by atoms with van der Waals surface area (Å²) >= 11 is 0. The summed E-state index contributed by atoms with van der Waals surface area (Å²) in [6, 6.07) is 18.5. The number of allylic oxidation sites excluding steroid dienone is 1. The van der Waals surface area contributed by atoms with E-state index in [-0.39, 0.29) is 36.9 Å². The first-order valence-corrected chi connectivity index (χ1v) is 14.1. The van der Waals surface area contributed by atoms with Crippen molar-refractivity contribution >= 4 is 34.4 Å². The third-order valence-electron chi connectivity index (χ3n) is 6.42. The van der Waals surface area contributed by atoms with Crippen LogP contribution >= 0.6 is 0 Å². The van der Waals surface area contributed by atoms with E-state index >= 15 is 0 Å². The van der Waals surface area contributed by atoms with E-state index in [4.69, 9.17) is 14.2 Å². The predicted molar refractivity (Wildman–Crippen MR) is 166 cm³/mol. The van der Waals surface area contributed by atoms with E-state index in [0.29, 0.717) is 39.5 Å². The van der Waals surface area contributed by atoms with E-state index in [1.807, 2.05) is 0 Å². The van der Waals surface area contributed by atoms with Crippen LogP contribution in [0.25, 0.3) is 11.0 Å². The lowest BCUT2D eigenvalue weighted by Gasteiger charge is -2.10. The molecule has 0 aliphatic carbocycles. The summed E-state index contributed by atoms with van der Waals surface area (Å²) in [6.07, 6.45) is 4.47. The van der Waals surface area contributed by atoms with Gasteiger partial charge in [-0.1, -0.05) is 24.3 Å². The minimum Gasteiger partial charge on any atom is -0.487 e. The van der Waals surface area contributed by atoms with E-state index in [2.05, 4.69) is 20.6 Å². The van der Waals surface area contributed by atoms with Crippen LogP contribution in [0.5, 0.6) is 23.0 Å². The Kier molecular flexibility index (Phi) is 9.98. The van der Waals surface area contributed by atoms with Crippen molar-refractivity contribution in [3.05, 3.63) is 120 Å². The number of nitrogens with one attached hydrogen (secondary N) is 3. The van der Waals surface area contributed by atoms with E-state index in [1.165, 1.54) is 48.7 Å². The van der Waals surface area contributed by atoms with Gasteiger partial charge in [-0.25, -0.2) is 18.6 Å². The molecule has 0 saturated carbocycles. The highest BCUT2D eigenvalue weighted by molar-refractivity contribution is 6.01. The van der Waals surface area contributed by atoms with Crippen molar-refractivity contribution in [1.82, 2.24) is 15.3 Å². The third kappa shape index (κ3) is 8.53. The minimum absolute atomic E-state index is 0.0829. The highest BCUT2D eigenvalue weighted by Gasteiger charge is 2.14. The number of H-pyrrole nitrogens is 1. The Morgan fingerprint density at radius 2 is 1.70 bits per heavy atom. The third-order valence-corrected chi connectivity index (χ3v) is 6.42. The van der Waals surface area contributed by atoms with Crippen LogP contribution in [0.4, 0.5) is 19.3 Å². The lowest BCUT2D eigenvalue weighted by molar-refractivity contribution is -0.119. The highest BCUT2D eigenvalue weighted by atomic mass is 19.1. The quantitative estimate of drug-likeness (QED) is 0.133. The zero-order valence-corrected chi connectivity index (χ0v) is 24.5. The normalized spacial score (nSPS) is 10.9. The molecule has 3 N–H and O–H groups in total. The Bertz CT molecular complexity index is 1910. The Hall–Kier alpha value is -6.04.